The van der Waals surface area contributed by atoms with Gasteiger partial charge in [-0.3, -0.25) is 4.79 Å². The highest BCUT2D eigenvalue weighted by Gasteiger charge is 2.29. The monoisotopic (exact) mass is 343 g/mol. The van der Waals surface area contributed by atoms with Crippen LogP contribution < -0.4 is 10.6 Å². The van der Waals surface area contributed by atoms with Crippen LogP contribution in [0, 0.1) is 5.92 Å². The molecule has 2 aliphatic rings. The van der Waals surface area contributed by atoms with Gasteiger partial charge in [0.2, 0.25) is 5.91 Å². The number of likely N-dealkylation sites (tertiary alicyclic amines) is 1. The minimum atomic E-state index is 0.211. The summed E-state index contributed by atoms with van der Waals surface area (Å²) in [5.41, 5.74) is 2.23. The van der Waals surface area contributed by atoms with E-state index in [-0.39, 0.29) is 5.91 Å². The molecule has 1 aromatic carbocycles. The van der Waals surface area contributed by atoms with Crippen molar-refractivity contribution in [2.24, 2.45) is 5.92 Å². The summed E-state index contributed by atoms with van der Waals surface area (Å²) in [6.45, 7) is 1.43. The molecule has 2 N–H and O–H groups in total. The van der Waals surface area contributed by atoms with Crippen molar-refractivity contribution >= 4 is 28.9 Å². The molecule has 3 rings (SSSR count). The van der Waals surface area contributed by atoms with Crippen molar-refractivity contribution in [1.82, 2.24) is 10.2 Å². The van der Waals surface area contributed by atoms with E-state index in [1.165, 1.54) is 25.0 Å². The maximum Gasteiger partial charge on any atom is 0.228 e. The summed E-state index contributed by atoms with van der Waals surface area (Å²) in [5, 5.41) is 6.81. The minimum absolute atomic E-state index is 0.211. The van der Waals surface area contributed by atoms with Gasteiger partial charge >= 0.3 is 0 Å². The van der Waals surface area contributed by atoms with Gasteiger partial charge in [0.15, 0.2) is 5.11 Å². The number of amides is 1. The van der Waals surface area contributed by atoms with E-state index >= 15 is 0 Å². The molecule has 1 heterocycles. The Morgan fingerprint density at radius 3 is 2.83 bits per heavy atom. The largest absolute Gasteiger partial charge is 0.362 e. The van der Waals surface area contributed by atoms with E-state index in [0.29, 0.717) is 24.0 Å². The highest BCUT2D eigenvalue weighted by Crippen LogP contribution is 2.35. The summed E-state index contributed by atoms with van der Waals surface area (Å²) in [4.78, 5) is 14.6. The molecule has 0 spiro atoms. The van der Waals surface area contributed by atoms with Crippen LogP contribution in [0.1, 0.15) is 38.5 Å². The number of anilines is 1. The van der Waals surface area contributed by atoms with Gasteiger partial charge in [0, 0.05) is 30.9 Å². The molecule has 1 unspecified atom stereocenters. The first-order valence-corrected chi connectivity index (χ1v) is 9.25. The molecule has 5 heteroatoms. The van der Waals surface area contributed by atoms with E-state index in [0.717, 1.165) is 25.1 Å². The zero-order valence-electron chi connectivity index (χ0n) is 14.0. The average Bonchev–Trinajstić information content (AvgIpc) is 2.62. The number of benzene rings is 1. The predicted molar refractivity (Wildman–Crippen MR) is 102 cm³/mol. The molecule has 1 fully saturated rings. The molecule has 0 aromatic heterocycles. The number of allylic oxidation sites excluding steroid dienone is 2. The lowest BCUT2D eigenvalue weighted by atomic mass is 9.85. The fourth-order valence-electron chi connectivity index (χ4n) is 3.56. The van der Waals surface area contributed by atoms with Crippen molar-refractivity contribution in [3.63, 3.8) is 0 Å². The molecule has 1 saturated heterocycles. The Hall–Kier alpha value is -1.88. The quantitative estimate of drug-likeness (QED) is 0.819. The van der Waals surface area contributed by atoms with E-state index in [4.69, 9.17) is 12.2 Å². The first kappa shape index (κ1) is 17.0. The zero-order chi connectivity index (χ0) is 16.8. The average molecular weight is 343 g/mol. The number of carbonyl (C=O) groups is 1. The van der Waals surface area contributed by atoms with Crippen LogP contribution in [-0.2, 0) is 4.79 Å². The van der Waals surface area contributed by atoms with E-state index in [1.54, 1.807) is 0 Å². The van der Waals surface area contributed by atoms with Crippen molar-refractivity contribution in [2.75, 3.05) is 18.4 Å². The molecule has 1 atom stereocenters. The van der Waals surface area contributed by atoms with Crippen LogP contribution in [0.4, 0.5) is 5.69 Å². The Morgan fingerprint density at radius 2 is 2.00 bits per heavy atom. The third kappa shape index (κ3) is 4.35. The van der Waals surface area contributed by atoms with Crippen LogP contribution >= 0.6 is 12.2 Å². The third-order valence-corrected chi connectivity index (χ3v) is 4.98. The molecule has 1 aliphatic carbocycles. The molecule has 0 bridgehead atoms. The van der Waals surface area contributed by atoms with Gasteiger partial charge in [-0.1, -0.05) is 24.3 Å². The van der Waals surface area contributed by atoms with Gasteiger partial charge < -0.3 is 15.5 Å². The Morgan fingerprint density at radius 1 is 1.21 bits per heavy atom. The fourth-order valence-corrected chi connectivity index (χ4v) is 3.78. The minimum Gasteiger partial charge on any atom is -0.362 e. The standard InChI is InChI=1S/C19H25N3OS/c23-18(22-14-6-8-15-7-4-5-11-17(15)22)12-13-20-19(24)21-16-9-2-1-3-10-16/h1-3,9-11,15H,4-8,12-14H2,(H2,20,21,24). The fraction of sp³-hybridized carbons (Fsp3) is 0.474. The van der Waals surface area contributed by atoms with E-state index in [2.05, 4.69) is 16.7 Å². The van der Waals surface area contributed by atoms with Crippen LogP contribution in [0.25, 0.3) is 0 Å². The van der Waals surface area contributed by atoms with E-state index in [9.17, 15) is 4.79 Å². The highest BCUT2D eigenvalue weighted by molar-refractivity contribution is 7.80. The second kappa shape index (κ2) is 8.29. The van der Waals surface area contributed by atoms with Crippen molar-refractivity contribution in [2.45, 2.75) is 38.5 Å². The van der Waals surface area contributed by atoms with Gasteiger partial charge in [0.05, 0.1) is 0 Å². The normalized spacial score (nSPS) is 19.9. The van der Waals surface area contributed by atoms with Crippen molar-refractivity contribution in [1.29, 1.82) is 0 Å². The topological polar surface area (TPSA) is 44.4 Å². The smallest absolute Gasteiger partial charge is 0.228 e. The molecule has 1 aliphatic heterocycles. The number of hydrogen-bond acceptors (Lipinski definition) is 2. The molecule has 1 aromatic rings. The maximum absolute atomic E-state index is 12.6. The van der Waals surface area contributed by atoms with Crippen LogP contribution in [0.3, 0.4) is 0 Å². The van der Waals surface area contributed by atoms with Crippen LogP contribution in [0.5, 0.6) is 0 Å². The van der Waals surface area contributed by atoms with Crippen LogP contribution in [-0.4, -0.2) is 29.0 Å². The molecule has 24 heavy (non-hydrogen) atoms. The number of piperidine rings is 1. The number of nitrogens with one attached hydrogen (secondary N) is 2. The van der Waals surface area contributed by atoms with Crippen LogP contribution in [0.15, 0.2) is 42.1 Å². The second-order valence-electron chi connectivity index (χ2n) is 6.44. The summed E-state index contributed by atoms with van der Waals surface area (Å²) in [6.07, 6.45) is 8.71. The van der Waals surface area contributed by atoms with E-state index < -0.39 is 0 Å². The van der Waals surface area contributed by atoms with Gasteiger partial charge in [0.25, 0.3) is 0 Å². The number of para-hydroxylation sites is 1. The van der Waals surface area contributed by atoms with Gasteiger partial charge in [0.1, 0.15) is 0 Å². The number of fused-ring (bicyclic) bond motifs is 1. The summed E-state index contributed by atoms with van der Waals surface area (Å²) >= 11 is 5.28. The predicted octanol–water partition coefficient (Wildman–Crippen LogP) is 3.67. The number of carbonyl (C=O) groups excluding carboxylic acids is 1. The summed E-state index contributed by atoms with van der Waals surface area (Å²) in [6, 6.07) is 9.80. The lowest BCUT2D eigenvalue weighted by Gasteiger charge is -2.38. The summed E-state index contributed by atoms with van der Waals surface area (Å²) < 4.78 is 0. The van der Waals surface area contributed by atoms with E-state index in [1.807, 2.05) is 35.2 Å². The molecule has 1 amide bonds. The Bertz CT molecular complexity index is 614. The Balaban J connectivity index is 1.45. The highest BCUT2D eigenvalue weighted by atomic mass is 32.1. The Labute approximate surface area is 149 Å². The van der Waals surface area contributed by atoms with Crippen molar-refractivity contribution in [3.8, 4) is 0 Å². The van der Waals surface area contributed by atoms with Crippen molar-refractivity contribution < 1.29 is 4.79 Å². The first-order valence-electron chi connectivity index (χ1n) is 8.84. The van der Waals surface area contributed by atoms with Crippen LogP contribution in [0.2, 0.25) is 0 Å². The first-order chi connectivity index (χ1) is 11.7. The zero-order valence-corrected chi connectivity index (χ0v) is 14.8. The number of nitrogens with zero attached hydrogens (tertiary/aromatic N) is 1. The SMILES string of the molecule is O=C(CCNC(=S)Nc1ccccc1)N1CCCC2CCCC=C21. The molecular weight excluding hydrogens is 318 g/mol. The van der Waals surface area contributed by atoms with Gasteiger partial charge in [-0.2, -0.15) is 0 Å². The lowest BCUT2D eigenvalue weighted by molar-refractivity contribution is -0.130. The number of hydrogen-bond donors (Lipinski definition) is 2. The molecular formula is C19H25N3OS. The number of rotatable bonds is 4. The van der Waals surface area contributed by atoms with Gasteiger partial charge in [-0.25, -0.2) is 0 Å². The molecule has 0 saturated carbocycles. The molecule has 128 valence electrons. The molecule has 0 radical (unpaired) electrons. The third-order valence-electron chi connectivity index (χ3n) is 4.73. The number of thiocarbonyl (C=S) groups is 1. The van der Waals surface area contributed by atoms with Gasteiger partial charge in [-0.05, 0) is 62.4 Å². The lowest BCUT2D eigenvalue weighted by Crippen LogP contribution is -2.40. The van der Waals surface area contributed by atoms with Crippen molar-refractivity contribution in [3.05, 3.63) is 42.1 Å². The Kier molecular flexibility index (Phi) is 5.86. The second-order valence-corrected chi connectivity index (χ2v) is 6.85. The molecule has 4 nitrogen and oxygen atoms in total. The maximum atomic E-state index is 12.6. The van der Waals surface area contributed by atoms with Gasteiger partial charge in [-0.15, -0.1) is 0 Å². The summed E-state index contributed by atoms with van der Waals surface area (Å²) in [7, 11) is 0. The summed E-state index contributed by atoms with van der Waals surface area (Å²) in [5.74, 6) is 0.813.